The third-order valence-corrected chi connectivity index (χ3v) is 6.21. The zero-order valence-corrected chi connectivity index (χ0v) is 16.4. The first-order chi connectivity index (χ1) is 13.5. The van der Waals surface area contributed by atoms with Gasteiger partial charge in [0.1, 0.15) is 12.4 Å². The number of β-lactam (4-membered cyclic amide) rings is 1. The molecule has 2 aromatic carbocycles. The topological polar surface area (TPSA) is 66.8 Å². The van der Waals surface area contributed by atoms with Crippen molar-refractivity contribution in [2.45, 2.75) is 39.3 Å². The van der Waals surface area contributed by atoms with E-state index < -0.39 is 12.0 Å². The fourth-order valence-corrected chi connectivity index (χ4v) is 4.71. The van der Waals surface area contributed by atoms with Crippen molar-refractivity contribution in [2.75, 3.05) is 6.61 Å². The molecule has 2 heterocycles. The van der Waals surface area contributed by atoms with Crippen LogP contribution in [0.25, 0.3) is 10.8 Å². The van der Waals surface area contributed by atoms with Crippen LogP contribution in [0.15, 0.2) is 47.7 Å². The molecule has 0 unspecified atom stereocenters. The van der Waals surface area contributed by atoms with Gasteiger partial charge >= 0.3 is 0 Å². The van der Waals surface area contributed by atoms with Crippen LogP contribution in [0, 0.1) is 11.8 Å². The normalized spacial score (nSPS) is 24.9. The Hall–Kier alpha value is -2.66. The summed E-state index contributed by atoms with van der Waals surface area (Å²) in [5.74, 6) is 0.109. The van der Waals surface area contributed by atoms with E-state index in [4.69, 9.17) is 4.74 Å². The molecule has 0 spiro atoms. The van der Waals surface area contributed by atoms with E-state index in [2.05, 4.69) is 19.1 Å². The van der Waals surface area contributed by atoms with E-state index in [1.54, 1.807) is 6.92 Å². The molecule has 0 radical (unpaired) electrons. The zero-order chi connectivity index (χ0) is 20.0. The summed E-state index contributed by atoms with van der Waals surface area (Å²) in [4.78, 5) is 25.6. The van der Waals surface area contributed by atoms with Gasteiger partial charge in [0, 0.05) is 11.3 Å². The number of carbonyl (C=O) groups excluding carboxylic acids is 2. The highest BCUT2D eigenvalue weighted by Crippen LogP contribution is 2.46. The predicted molar refractivity (Wildman–Crippen MR) is 107 cm³/mol. The highest BCUT2D eigenvalue weighted by atomic mass is 16.5. The lowest BCUT2D eigenvalue weighted by molar-refractivity contribution is -0.160. The van der Waals surface area contributed by atoms with Gasteiger partial charge in [-0.1, -0.05) is 44.2 Å². The molecule has 1 fully saturated rings. The summed E-state index contributed by atoms with van der Waals surface area (Å²) in [7, 11) is 0. The summed E-state index contributed by atoms with van der Waals surface area (Å²) in [5.41, 5.74) is 2.48. The highest BCUT2D eigenvalue weighted by Gasteiger charge is 2.58. The largest absolute Gasteiger partial charge is 0.489 e. The van der Waals surface area contributed by atoms with E-state index in [1.807, 2.05) is 31.2 Å². The van der Waals surface area contributed by atoms with Crippen LogP contribution < -0.4 is 4.74 Å². The van der Waals surface area contributed by atoms with Crippen molar-refractivity contribution < 1.29 is 19.4 Å². The Morgan fingerprint density at radius 1 is 1.21 bits per heavy atom. The molecule has 5 heteroatoms. The Balaban J connectivity index is 1.63. The molecule has 0 saturated carbocycles. The molecule has 1 N–H and O–H groups in total. The lowest BCUT2D eigenvalue weighted by Crippen LogP contribution is -2.63. The van der Waals surface area contributed by atoms with E-state index in [0.717, 1.165) is 29.4 Å². The predicted octanol–water partition coefficient (Wildman–Crippen LogP) is 3.09. The summed E-state index contributed by atoms with van der Waals surface area (Å²) >= 11 is 0. The van der Waals surface area contributed by atoms with Crippen LogP contribution in [0.4, 0.5) is 0 Å². The number of aliphatic hydroxyl groups is 1. The minimum atomic E-state index is -0.727. The molecule has 2 aliphatic heterocycles. The molecular formula is C23H25NO4. The Bertz CT molecular complexity index is 978. The molecular weight excluding hydrogens is 354 g/mol. The fraction of sp³-hybridized carbons (Fsp3) is 0.391. The molecule has 4 rings (SSSR count). The number of hydrogen-bond donors (Lipinski definition) is 1. The number of aliphatic hydroxyl groups excluding tert-OH is 1. The van der Waals surface area contributed by atoms with Crippen LogP contribution in [-0.2, 0) is 16.0 Å². The van der Waals surface area contributed by atoms with Crippen LogP contribution in [0.3, 0.4) is 0 Å². The average Bonchev–Trinajstić information content (AvgIpc) is 2.93. The first kappa shape index (κ1) is 18.7. The Labute approximate surface area is 164 Å². The van der Waals surface area contributed by atoms with Crippen molar-refractivity contribution in [2.24, 2.45) is 11.8 Å². The summed E-state index contributed by atoms with van der Waals surface area (Å²) in [5, 5.41) is 12.2. The second kappa shape index (κ2) is 7.06. The van der Waals surface area contributed by atoms with Crippen molar-refractivity contribution in [3.63, 3.8) is 0 Å². The summed E-state index contributed by atoms with van der Waals surface area (Å²) in [6.45, 7) is 6.00. The maximum atomic E-state index is 12.4. The van der Waals surface area contributed by atoms with Gasteiger partial charge in [-0.05, 0) is 35.9 Å². The van der Waals surface area contributed by atoms with Gasteiger partial charge in [-0.25, -0.2) is 0 Å². The van der Waals surface area contributed by atoms with Crippen molar-refractivity contribution >= 4 is 23.0 Å². The molecule has 2 aliphatic rings. The van der Waals surface area contributed by atoms with Crippen molar-refractivity contribution in [3.05, 3.63) is 53.2 Å². The number of hydrogen-bond acceptors (Lipinski definition) is 4. The third-order valence-electron chi connectivity index (χ3n) is 6.21. The number of aldehydes is 1. The first-order valence-corrected chi connectivity index (χ1v) is 9.82. The van der Waals surface area contributed by atoms with E-state index in [0.29, 0.717) is 5.70 Å². The van der Waals surface area contributed by atoms with Crippen LogP contribution in [0.5, 0.6) is 5.75 Å². The maximum Gasteiger partial charge on any atom is 0.235 e. The number of benzene rings is 2. The van der Waals surface area contributed by atoms with Gasteiger partial charge in [-0.2, -0.15) is 0 Å². The van der Waals surface area contributed by atoms with Gasteiger partial charge < -0.3 is 14.7 Å². The number of ether oxygens (including phenoxy) is 1. The average molecular weight is 379 g/mol. The Kier molecular flexibility index (Phi) is 4.71. The van der Waals surface area contributed by atoms with Gasteiger partial charge in [-0.3, -0.25) is 9.59 Å². The van der Waals surface area contributed by atoms with Crippen molar-refractivity contribution in [3.8, 4) is 5.75 Å². The van der Waals surface area contributed by atoms with E-state index >= 15 is 0 Å². The summed E-state index contributed by atoms with van der Waals surface area (Å²) in [6.07, 6.45) is 0.955. The molecule has 0 aliphatic carbocycles. The van der Waals surface area contributed by atoms with Gasteiger partial charge in [0.25, 0.3) is 0 Å². The smallest absolute Gasteiger partial charge is 0.235 e. The number of rotatable bonds is 6. The van der Waals surface area contributed by atoms with Crippen LogP contribution >= 0.6 is 0 Å². The van der Waals surface area contributed by atoms with Gasteiger partial charge in [-0.15, -0.1) is 0 Å². The number of carbonyl (C=O) groups is 2. The van der Waals surface area contributed by atoms with E-state index in [9.17, 15) is 14.7 Å². The van der Waals surface area contributed by atoms with Crippen LogP contribution in [0.2, 0.25) is 0 Å². The minimum absolute atomic E-state index is 0.0290. The summed E-state index contributed by atoms with van der Waals surface area (Å²) < 4.78 is 6.14. The SMILES string of the molecule is CCc1cccc2c(OCC3=C(C=O)N4C(=O)[C@H]([C@@H](C)O)[C@H]4[C@H]3C)cccc12. The summed E-state index contributed by atoms with van der Waals surface area (Å²) in [6, 6.07) is 12.0. The van der Waals surface area contributed by atoms with Gasteiger partial charge in [0.15, 0.2) is 6.29 Å². The van der Waals surface area contributed by atoms with Gasteiger partial charge in [0.05, 0.1) is 23.8 Å². The standard InChI is InChI=1S/C23H25NO4/c1-4-15-7-5-9-17-16(15)8-6-10-20(17)28-12-18-13(2)22-21(14(3)26)23(27)24(22)19(18)11-25/h5-11,13-14,21-22,26H,4,12H2,1-3H3/t13-,14+,21+,22+/m0/s1. The lowest BCUT2D eigenvalue weighted by Gasteiger charge is -2.46. The van der Waals surface area contributed by atoms with Crippen molar-refractivity contribution in [1.29, 1.82) is 0 Å². The lowest BCUT2D eigenvalue weighted by atomic mass is 9.78. The number of nitrogens with zero attached hydrogens (tertiary/aromatic N) is 1. The first-order valence-electron chi connectivity index (χ1n) is 9.82. The molecule has 1 saturated heterocycles. The Morgan fingerprint density at radius 2 is 1.93 bits per heavy atom. The van der Waals surface area contributed by atoms with Crippen molar-refractivity contribution in [1.82, 2.24) is 4.90 Å². The van der Waals surface area contributed by atoms with E-state index in [1.165, 1.54) is 15.8 Å². The molecule has 146 valence electrons. The third kappa shape index (κ3) is 2.65. The molecule has 0 bridgehead atoms. The number of aryl methyl sites for hydroxylation is 1. The molecule has 0 aromatic heterocycles. The Morgan fingerprint density at radius 3 is 2.61 bits per heavy atom. The second-order valence-electron chi connectivity index (χ2n) is 7.69. The quantitative estimate of drug-likeness (QED) is 0.619. The van der Waals surface area contributed by atoms with Crippen LogP contribution in [-0.4, -0.2) is 41.0 Å². The van der Waals surface area contributed by atoms with Crippen LogP contribution in [0.1, 0.15) is 26.3 Å². The fourth-order valence-electron chi connectivity index (χ4n) is 4.71. The molecule has 5 nitrogen and oxygen atoms in total. The minimum Gasteiger partial charge on any atom is -0.489 e. The number of amides is 1. The monoisotopic (exact) mass is 379 g/mol. The molecule has 1 amide bonds. The number of allylic oxidation sites excluding steroid dienone is 1. The molecule has 2 aromatic rings. The maximum absolute atomic E-state index is 12.4. The zero-order valence-electron chi connectivity index (χ0n) is 16.4. The highest BCUT2D eigenvalue weighted by molar-refractivity contribution is 5.96. The van der Waals surface area contributed by atoms with E-state index in [-0.39, 0.29) is 24.5 Å². The number of fused-ring (bicyclic) bond motifs is 2. The van der Waals surface area contributed by atoms with Gasteiger partial charge in [0.2, 0.25) is 5.91 Å². The molecule has 28 heavy (non-hydrogen) atoms. The second-order valence-corrected chi connectivity index (χ2v) is 7.69. The molecule has 4 atom stereocenters.